The molecule has 0 radical (unpaired) electrons. The van der Waals surface area contributed by atoms with Crippen LogP contribution in [-0.4, -0.2) is 6.29 Å². The molecule has 4 aromatic rings. The van der Waals surface area contributed by atoms with Crippen LogP contribution in [0.25, 0.3) is 11.1 Å². The van der Waals surface area contributed by atoms with Crippen molar-refractivity contribution in [2.75, 3.05) is 0 Å². The maximum atomic E-state index is 11.6. The molecule has 0 spiro atoms. The van der Waals surface area contributed by atoms with E-state index in [0.29, 0.717) is 5.56 Å². The SMILES string of the molecule is O=Cc1ccc2c(c1)C(c1ccccc1)(c1ccccc1)c1ccccc1-2. The first-order chi connectivity index (χ1) is 13.4. The average molecular weight is 346 g/mol. The van der Waals surface area contributed by atoms with Gasteiger partial charge in [0.05, 0.1) is 5.41 Å². The van der Waals surface area contributed by atoms with E-state index >= 15 is 0 Å². The van der Waals surface area contributed by atoms with Crippen molar-refractivity contribution >= 4 is 6.29 Å². The van der Waals surface area contributed by atoms with Crippen LogP contribution in [0.4, 0.5) is 0 Å². The molecule has 0 N–H and O–H groups in total. The normalized spacial score (nSPS) is 13.6. The largest absolute Gasteiger partial charge is 0.298 e. The van der Waals surface area contributed by atoms with Crippen LogP contribution < -0.4 is 0 Å². The molecule has 128 valence electrons. The third-order valence-electron chi connectivity index (χ3n) is 5.62. The van der Waals surface area contributed by atoms with Crippen molar-refractivity contribution in [2.24, 2.45) is 0 Å². The van der Waals surface area contributed by atoms with E-state index in [4.69, 9.17) is 0 Å². The molecule has 1 nitrogen and oxygen atoms in total. The molecule has 0 fully saturated rings. The maximum absolute atomic E-state index is 11.6. The lowest BCUT2D eigenvalue weighted by Crippen LogP contribution is -2.28. The van der Waals surface area contributed by atoms with Crippen molar-refractivity contribution in [3.05, 3.63) is 131 Å². The van der Waals surface area contributed by atoms with E-state index in [9.17, 15) is 4.79 Å². The Morgan fingerprint density at radius 3 is 1.74 bits per heavy atom. The molecular weight excluding hydrogens is 328 g/mol. The molecular formula is C26H18O. The molecule has 27 heavy (non-hydrogen) atoms. The summed E-state index contributed by atoms with van der Waals surface area (Å²) >= 11 is 0. The summed E-state index contributed by atoms with van der Waals surface area (Å²) in [5.41, 5.74) is 7.58. The zero-order valence-electron chi connectivity index (χ0n) is 14.8. The molecule has 0 aromatic heterocycles. The van der Waals surface area contributed by atoms with E-state index < -0.39 is 5.41 Å². The van der Waals surface area contributed by atoms with Crippen molar-refractivity contribution in [1.82, 2.24) is 0 Å². The molecule has 0 heterocycles. The van der Waals surface area contributed by atoms with Crippen molar-refractivity contribution in [3.8, 4) is 11.1 Å². The molecule has 1 heteroatoms. The first kappa shape index (κ1) is 15.8. The van der Waals surface area contributed by atoms with Gasteiger partial charge in [0.15, 0.2) is 0 Å². The third-order valence-corrected chi connectivity index (χ3v) is 5.62. The summed E-state index contributed by atoms with van der Waals surface area (Å²) in [5.74, 6) is 0. The fraction of sp³-hybridized carbons (Fsp3) is 0.0385. The molecule has 1 aliphatic rings. The quantitative estimate of drug-likeness (QED) is 0.374. The predicted octanol–water partition coefficient (Wildman–Crippen LogP) is 5.86. The summed E-state index contributed by atoms with van der Waals surface area (Å²) in [5, 5.41) is 0. The Balaban J connectivity index is 1.98. The number of carbonyl (C=O) groups excluding carboxylic acids is 1. The Hall–Kier alpha value is -3.45. The van der Waals surface area contributed by atoms with Crippen LogP contribution in [0.5, 0.6) is 0 Å². The first-order valence-corrected chi connectivity index (χ1v) is 9.16. The average Bonchev–Trinajstić information content (AvgIpc) is 3.05. The Kier molecular flexibility index (Phi) is 3.54. The van der Waals surface area contributed by atoms with E-state index in [1.807, 2.05) is 18.2 Å². The molecule has 1 aliphatic carbocycles. The smallest absolute Gasteiger partial charge is 0.150 e. The van der Waals surface area contributed by atoms with Crippen LogP contribution >= 0.6 is 0 Å². The van der Waals surface area contributed by atoms with E-state index in [2.05, 4.69) is 84.9 Å². The van der Waals surface area contributed by atoms with Gasteiger partial charge in [-0.25, -0.2) is 0 Å². The van der Waals surface area contributed by atoms with E-state index in [0.717, 1.165) is 6.29 Å². The molecule has 5 rings (SSSR count). The van der Waals surface area contributed by atoms with Gasteiger partial charge in [0, 0.05) is 5.56 Å². The highest BCUT2D eigenvalue weighted by atomic mass is 16.1. The molecule has 0 amide bonds. The zero-order valence-corrected chi connectivity index (χ0v) is 14.8. The van der Waals surface area contributed by atoms with Crippen LogP contribution in [0, 0.1) is 0 Å². The molecule has 0 bridgehead atoms. The highest BCUT2D eigenvalue weighted by molar-refractivity contribution is 5.89. The van der Waals surface area contributed by atoms with Crippen molar-refractivity contribution < 1.29 is 4.79 Å². The number of fused-ring (bicyclic) bond motifs is 3. The fourth-order valence-corrected chi connectivity index (χ4v) is 4.54. The Morgan fingerprint density at radius 1 is 0.556 bits per heavy atom. The lowest BCUT2D eigenvalue weighted by Gasteiger charge is -2.33. The molecule has 0 atom stereocenters. The number of hydrogen-bond donors (Lipinski definition) is 0. The number of aldehydes is 1. The van der Waals surface area contributed by atoms with Crippen LogP contribution in [0.1, 0.15) is 32.6 Å². The minimum atomic E-state index is -0.423. The van der Waals surface area contributed by atoms with Gasteiger partial charge in [-0.05, 0) is 39.4 Å². The van der Waals surface area contributed by atoms with E-state index in [1.165, 1.54) is 33.4 Å². The Bertz CT molecular complexity index is 1090. The third kappa shape index (κ3) is 2.15. The van der Waals surface area contributed by atoms with E-state index in [1.54, 1.807) is 0 Å². The van der Waals surface area contributed by atoms with Gasteiger partial charge in [-0.15, -0.1) is 0 Å². The van der Waals surface area contributed by atoms with Crippen LogP contribution in [-0.2, 0) is 5.41 Å². The highest BCUT2D eigenvalue weighted by Crippen LogP contribution is 2.55. The van der Waals surface area contributed by atoms with Gasteiger partial charge in [-0.3, -0.25) is 4.79 Å². The number of benzene rings is 4. The van der Waals surface area contributed by atoms with Gasteiger partial charge in [0.2, 0.25) is 0 Å². The standard InChI is InChI=1S/C26H18O/c27-18-19-15-16-23-22-13-7-8-14-24(22)26(25(23)17-19,20-9-3-1-4-10-20)21-11-5-2-6-12-21/h1-18H. The lowest BCUT2D eigenvalue weighted by molar-refractivity contribution is 0.112. The van der Waals surface area contributed by atoms with Gasteiger partial charge in [-0.1, -0.05) is 97.1 Å². The van der Waals surface area contributed by atoms with Crippen LogP contribution in [0.15, 0.2) is 103 Å². The minimum Gasteiger partial charge on any atom is -0.298 e. The second-order valence-electron chi connectivity index (χ2n) is 6.95. The van der Waals surface area contributed by atoms with Crippen LogP contribution in [0.3, 0.4) is 0 Å². The summed E-state index contributed by atoms with van der Waals surface area (Å²) < 4.78 is 0. The molecule has 0 aliphatic heterocycles. The Labute approximate surface area is 158 Å². The van der Waals surface area contributed by atoms with Gasteiger partial charge < -0.3 is 0 Å². The number of carbonyl (C=O) groups is 1. The predicted molar refractivity (Wildman–Crippen MR) is 109 cm³/mol. The molecule has 4 aromatic carbocycles. The Morgan fingerprint density at radius 2 is 1.11 bits per heavy atom. The summed E-state index contributed by atoms with van der Waals surface area (Å²) in [6.07, 6.45) is 0.935. The first-order valence-electron chi connectivity index (χ1n) is 9.16. The summed E-state index contributed by atoms with van der Waals surface area (Å²) in [7, 11) is 0. The van der Waals surface area contributed by atoms with Gasteiger partial charge in [0.1, 0.15) is 6.29 Å². The molecule has 0 unspecified atom stereocenters. The fourth-order valence-electron chi connectivity index (χ4n) is 4.54. The summed E-state index contributed by atoms with van der Waals surface area (Å²) in [4.78, 5) is 11.6. The monoisotopic (exact) mass is 346 g/mol. The second-order valence-corrected chi connectivity index (χ2v) is 6.95. The minimum absolute atomic E-state index is 0.423. The molecule has 0 saturated heterocycles. The lowest BCUT2D eigenvalue weighted by atomic mass is 9.67. The van der Waals surface area contributed by atoms with Crippen LogP contribution in [0.2, 0.25) is 0 Å². The van der Waals surface area contributed by atoms with E-state index in [-0.39, 0.29) is 0 Å². The maximum Gasteiger partial charge on any atom is 0.150 e. The van der Waals surface area contributed by atoms with Gasteiger partial charge in [-0.2, -0.15) is 0 Å². The van der Waals surface area contributed by atoms with Crippen molar-refractivity contribution in [1.29, 1.82) is 0 Å². The number of rotatable bonds is 3. The van der Waals surface area contributed by atoms with Gasteiger partial charge in [0.25, 0.3) is 0 Å². The zero-order chi connectivity index (χ0) is 18.3. The highest BCUT2D eigenvalue weighted by Gasteiger charge is 2.45. The van der Waals surface area contributed by atoms with Gasteiger partial charge >= 0.3 is 0 Å². The summed E-state index contributed by atoms with van der Waals surface area (Å²) in [6, 6.07) is 35.8. The summed E-state index contributed by atoms with van der Waals surface area (Å²) in [6.45, 7) is 0. The molecule has 0 saturated carbocycles. The van der Waals surface area contributed by atoms with Crippen molar-refractivity contribution in [2.45, 2.75) is 5.41 Å². The number of hydrogen-bond acceptors (Lipinski definition) is 1. The second kappa shape index (κ2) is 6.07. The topological polar surface area (TPSA) is 17.1 Å². The van der Waals surface area contributed by atoms with Crippen molar-refractivity contribution in [3.63, 3.8) is 0 Å².